The van der Waals surface area contributed by atoms with Crippen LogP contribution in [0.5, 0.6) is 0 Å². The van der Waals surface area contributed by atoms with Gasteiger partial charge in [-0.1, -0.05) is 18.2 Å². The van der Waals surface area contributed by atoms with E-state index in [1.807, 2.05) is 37.3 Å². The zero-order valence-electron chi connectivity index (χ0n) is 23.7. The molecule has 1 aliphatic carbocycles. The number of anilines is 3. The zero-order chi connectivity index (χ0) is 29.5. The number of aryl methyl sites for hydroxylation is 2. The van der Waals surface area contributed by atoms with Crippen molar-refractivity contribution >= 4 is 33.1 Å². The topological polar surface area (TPSA) is 131 Å². The lowest BCUT2D eigenvalue weighted by Crippen LogP contribution is -2.44. The van der Waals surface area contributed by atoms with Crippen molar-refractivity contribution in [3.05, 3.63) is 78.2 Å². The van der Waals surface area contributed by atoms with E-state index in [9.17, 15) is 13.2 Å². The fourth-order valence-corrected chi connectivity index (χ4v) is 7.53. The van der Waals surface area contributed by atoms with Crippen LogP contribution in [0.15, 0.2) is 71.9 Å². The average Bonchev–Trinajstić information content (AvgIpc) is 3.71. The number of ether oxygens (including phenoxy) is 1. The summed E-state index contributed by atoms with van der Waals surface area (Å²) in [5, 5.41) is 9.59. The average molecular weight is 588 g/mol. The van der Waals surface area contributed by atoms with Gasteiger partial charge in [0.2, 0.25) is 0 Å². The van der Waals surface area contributed by atoms with Gasteiger partial charge in [-0.15, -0.1) is 0 Å². The van der Waals surface area contributed by atoms with Gasteiger partial charge in [0, 0.05) is 37.1 Å². The summed E-state index contributed by atoms with van der Waals surface area (Å²) in [6.45, 7) is 5.65. The van der Waals surface area contributed by atoms with E-state index in [2.05, 4.69) is 27.6 Å². The van der Waals surface area contributed by atoms with E-state index in [1.54, 1.807) is 48.4 Å². The molecule has 1 saturated heterocycles. The number of hydrogen-bond acceptors (Lipinski definition) is 8. The maximum atomic E-state index is 14.1. The molecule has 0 spiro atoms. The summed E-state index contributed by atoms with van der Waals surface area (Å²) in [6, 6.07) is 15.8. The number of amides is 2. The fourth-order valence-electron chi connectivity index (χ4n) is 5.34. The summed E-state index contributed by atoms with van der Waals surface area (Å²) in [7, 11) is -1.94. The summed E-state index contributed by atoms with van der Waals surface area (Å²) in [5.74, 6) is 1.11. The van der Waals surface area contributed by atoms with Crippen molar-refractivity contribution < 1.29 is 17.9 Å². The molecule has 1 aliphatic heterocycles. The predicted molar refractivity (Wildman–Crippen MR) is 160 cm³/mol. The van der Waals surface area contributed by atoms with Gasteiger partial charge in [-0.2, -0.15) is 5.10 Å². The van der Waals surface area contributed by atoms with Crippen LogP contribution < -0.4 is 15.5 Å². The van der Waals surface area contributed by atoms with Crippen LogP contribution in [0.25, 0.3) is 11.4 Å². The number of nitrogens with one attached hydrogen (secondary N) is 2. The molecule has 0 unspecified atom stereocenters. The first kappa shape index (κ1) is 27.9. The summed E-state index contributed by atoms with van der Waals surface area (Å²) in [6.07, 6.45) is 4.25. The minimum atomic E-state index is -3.71. The van der Waals surface area contributed by atoms with Crippen molar-refractivity contribution in [2.75, 3.05) is 35.3 Å². The Bertz CT molecular complexity index is 1730. The highest BCUT2D eigenvalue weighted by atomic mass is 32.2. The van der Waals surface area contributed by atoms with Crippen LogP contribution in [0, 0.1) is 6.92 Å². The molecule has 2 amide bonds. The number of aromatic nitrogens is 4. The summed E-state index contributed by atoms with van der Waals surface area (Å²) in [4.78, 5) is 24.7. The molecule has 12 heteroatoms. The zero-order valence-corrected chi connectivity index (χ0v) is 24.6. The van der Waals surface area contributed by atoms with E-state index in [0.29, 0.717) is 71.8 Å². The maximum absolute atomic E-state index is 14.1. The molecule has 2 aromatic carbocycles. The van der Waals surface area contributed by atoms with Gasteiger partial charge in [-0.25, -0.2) is 23.2 Å². The van der Waals surface area contributed by atoms with Crippen LogP contribution >= 0.6 is 0 Å². The second-order valence-corrected chi connectivity index (χ2v) is 13.1. The van der Waals surface area contributed by atoms with E-state index in [1.165, 1.54) is 0 Å². The molecule has 3 heterocycles. The smallest absolute Gasteiger partial charge is 0.323 e. The quantitative estimate of drug-likeness (QED) is 0.323. The summed E-state index contributed by atoms with van der Waals surface area (Å²) in [5.41, 5.74) is 3.09. The number of rotatable bonds is 7. The highest BCUT2D eigenvalue weighted by Gasteiger charge is 2.58. The molecule has 1 saturated carbocycles. The lowest BCUT2D eigenvalue weighted by molar-refractivity contribution is 0.0985. The first-order valence-corrected chi connectivity index (χ1v) is 15.4. The Morgan fingerprint density at radius 2 is 1.79 bits per heavy atom. The number of sulfone groups is 1. The number of benzene rings is 2. The second-order valence-electron chi connectivity index (χ2n) is 10.9. The fraction of sp³-hybridized carbons (Fsp3) is 0.333. The van der Waals surface area contributed by atoms with Crippen molar-refractivity contribution in [1.82, 2.24) is 19.7 Å². The van der Waals surface area contributed by atoms with Gasteiger partial charge >= 0.3 is 6.03 Å². The van der Waals surface area contributed by atoms with E-state index in [-0.39, 0.29) is 6.04 Å². The Balaban J connectivity index is 1.34. The lowest BCUT2D eigenvalue weighted by atomic mass is 10.1. The summed E-state index contributed by atoms with van der Waals surface area (Å²) < 4.78 is 34.3. The Morgan fingerprint density at radius 1 is 1.05 bits per heavy atom. The van der Waals surface area contributed by atoms with Crippen molar-refractivity contribution in [2.24, 2.45) is 7.05 Å². The van der Waals surface area contributed by atoms with Crippen LogP contribution in [0.2, 0.25) is 0 Å². The van der Waals surface area contributed by atoms with Crippen LogP contribution in [-0.4, -0.2) is 60.0 Å². The molecule has 0 radical (unpaired) electrons. The highest BCUT2D eigenvalue weighted by Crippen LogP contribution is 2.55. The Hall–Kier alpha value is -4.29. The monoisotopic (exact) mass is 587 g/mol. The second kappa shape index (κ2) is 10.8. The van der Waals surface area contributed by atoms with Gasteiger partial charge in [0.25, 0.3) is 0 Å². The maximum Gasteiger partial charge on any atom is 0.323 e. The number of morpholine rings is 1. The largest absolute Gasteiger partial charge is 0.377 e. The molecule has 2 N–H and O–H groups in total. The minimum Gasteiger partial charge on any atom is -0.377 e. The van der Waals surface area contributed by atoms with Gasteiger partial charge in [-0.3, -0.25) is 4.68 Å². The number of urea groups is 1. The third kappa shape index (κ3) is 5.23. The van der Waals surface area contributed by atoms with Crippen molar-refractivity contribution in [3.8, 4) is 11.4 Å². The predicted octanol–water partition coefficient (Wildman–Crippen LogP) is 4.52. The van der Waals surface area contributed by atoms with Crippen molar-refractivity contribution in [3.63, 3.8) is 0 Å². The third-order valence-corrected chi connectivity index (χ3v) is 10.5. The first-order chi connectivity index (χ1) is 20.2. The lowest BCUT2D eigenvalue weighted by Gasteiger charge is -2.34. The Morgan fingerprint density at radius 3 is 2.45 bits per heavy atom. The van der Waals surface area contributed by atoms with Gasteiger partial charge in [-0.05, 0) is 62.6 Å². The van der Waals surface area contributed by atoms with Crippen LogP contribution in [0.1, 0.15) is 31.0 Å². The van der Waals surface area contributed by atoms with E-state index < -0.39 is 20.6 Å². The molecule has 2 aliphatic rings. The number of carbonyl (C=O) groups excluding carboxylic acids is 1. The van der Waals surface area contributed by atoms with Crippen LogP contribution in [0.4, 0.5) is 22.0 Å². The number of nitrogens with zero attached hydrogens (tertiary/aromatic N) is 5. The Kier molecular flexibility index (Phi) is 7.19. The molecule has 11 nitrogen and oxygen atoms in total. The van der Waals surface area contributed by atoms with Crippen molar-refractivity contribution in [1.29, 1.82) is 0 Å². The first-order valence-electron chi connectivity index (χ1n) is 13.9. The van der Waals surface area contributed by atoms with E-state index in [4.69, 9.17) is 14.7 Å². The molecule has 42 heavy (non-hydrogen) atoms. The van der Waals surface area contributed by atoms with Gasteiger partial charge < -0.3 is 20.3 Å². The number of carbonyl (C=O) groups is 1. The molecule has 1 atom stereocenters. The van der Waals surface area contributed by atoms with Crippen LogP contribution in [-0.2, 0) is 26.4 Å². The molecular formula is C30H33N7O4S. The normalized spacial score (nSPS) is 18.0. The standard InChI is InChI=1S/C30H33N7O4S/c1-20-6-4-5-7-25(20)42(39,40)30(12-13-30)26-16-27(37-14-15-41-19-21(37)2)35-28(34-26)22-8-10-23(11-9-22)32-29(38)33-24-17-31-36(3)18-24/h4-11,16-18,21H,12-15,19H2,1-3H3,(H2,32,33,38)/t21-/m0/s1. The molecule has 218 valence electrons. The third-order valence-electron chi connectivity index (χ3n) is 7.81. The Labute approximate surface area is 244 Å². The van der Waals surface area contributed by atoms with E-state index in [0.717, 1.165) is 5.56 Å². The molecule has 4 aromatic rings. The van der Waals surface area contributed by atoms with Gasteiger partial charge in [0.05, 0.1) is 41.7 Å². The van der Waals surface area contributed by atoms with Crippen LogP contribution in [0.3, 0.4) is 0 Å². The SMILES string of the molecule is Cc1ccccc1S(=O)(=O)C1(c2cc(N3CCOC[C@@H]3C)nc(-c3ccc(NC(=O)Nc4cnn(C)c4)cc3)n2)CC1. The van der Waals surface area contributed by atoms with E-state index >= 15 is 0 Å². The molecular weight excluding hydrogens is 554 g/mol. The molecule has 6 rings (SSSR count). The summed E-state index contributed by atoms with van der Waals surface area (Å²) >= 11 is 0. The van der Waals surface area contributed by atoms with Crippen molar-refractivity contribution in [2.45, 2.75) is 42.4 Å². The molecule has 2 aromatic heterocycles. The number of hydrogen-bond donors (Lipinski definition) is 2. The highest BCUT2D eigenvalue weighted by molar-refractivity contribution is 7.92. The molecule has 0 bridgehead atoms. The van der Waals surface area contributed by atoms with Gasteiger partial charge in [0.15, 0.2) is 15.7 Å². The minimum absolute atomic E-state index is 0.0716. The molecule has 2 fully saturated rings. The van der Waals surface area contributed by atoms with Gasteiger partial charge in [0.1, 0.15) is 10.6 Å².